The summed E-state index contributed by atoms with van der Waals surface area (Å²) in [7, 11) is 0. The number of nitrogens with zero attached hydrogens (tertiary/aromatic N) is 2. The van der Waals surface area contributed by atoms with Crippen LogP contribution in [0.1, 0.15) is 62.4 Å². The zero-order valence-electron chi connectivity index (χ0n) is 21.4. The van der Waals surface area contributed by atoms with E-state index in [1.54, 1.807) is 42.6 Å². The average Bonchev–Trinajstić information content (AvgIpc) is 3.13. The number of Topliss-reactive ketones (excluding diaryl/α,β-unsaturated/α-hetero) is 1. The van der Waals surface area contributed by atoms with Crippen molar-refractivity contribution in [3.63, 3.8) is 0 Å². The molecular formula is C30H32N2O4. The molecule has 2 aromatic carbocycles. The van der Waals surface area contributed by atoms with E-state index in [2.05, 4.69) is 25.8 Å². The van der Waals surface area contributed by atoms with Crippen molar-refractivity contribution < 1.29 is 19.4 Å². The summed E-state index contributed by atoms with van der Waals surface area (Å²) >= 11 is 0. The highest BCUT2D eigenvalue weighted by Crippen LogP contribution is 2.42. The molecule has 3 aromatic rings. The van der Waals surface area contributed by atoms with Gasteiger partial charge in [0.25, 0.3) is 5.78 Å². The van der Waals surface area contributed by atoms with Gasteiger partial charge in [0.15, 0.2) is 0 Å². The van der Waals surface area contributed by atoms with Crippen LogP contribution in [-0.2, 0) is 15.0 Å². The van der Waals surface area contributed by atoms with Crippen molar-refractivity contribution in [2.24, 2.45) is 0 Å². The molecule has 6 nitrogen and oxygen atoms in total. The smallest absolute Gasteiger partial charge is 0.301 e. The minimum Gasteiger partial charge on any atom is -0.507 e. The molecule has 0 aliphatic carbocycles. The molecule has 0 radical (unpaired) electrons. The fourth-order valence-electron chi connectivity index (χ4n) is 4.37. The summed E-state index contributed by atoms with van der Waals surface area (Å²) in [5.41, 5.74) is 3.11. The molecule has 36 heavy (non-hydrogen) atoms. The number of aliphatic hydroxyl groups is 1. The Balaban J connectivity index is 1.87. The van der Waals surface area contributed by atoms with Gasteiger partial charge < -0.3 is 9.84 Å². The van der Waals surface area contributed by atoms with E-state index in [9.17, 15) is 14.7 Å². The number of rotatable bonds is 6. The molecule has 0 saturated carbocycles. The Morgan fingerprint density at radius 1 is 1.06 bits per heavy atom. The fraction of sp³-hybridized carbons (Fsp3) is 0.300. The van der Waals surface area contributed by atoms with E-state index in [1.807, 2.05) is 38.1 Å². The number of pyridine rings is 1. The van der Waals surface area contributed by atoms with Crippen LogP contribution in [0.2, 0.25) is 0 Å². The highest BCUT2D eigenvalue weighted by Gasteiger charge is 2.47. The molecule has 1 aliphatic heterocycles. The fourth-order valence-corrected chi connectivity index (χ4v) is 4.37. The highest BCUT2D eigenvalue weighted by atomic mass is 16.5. The lowest BCUT2D eigenvalue weighted by Crippen LogP contribution is -2.30. The number of amides is 1. The van der Waals surface area contributed by atoms with Gasteiger partial charge in [-0.2, -0.15) is 0 Å². The van der Waals surface area contributed by atoms with Gasteiger partial charge in [0, 0.05) is 11.8 Å². The predicted molar refractivity (Wildman–Crippen MR) is 141 cm³/mol. The van der Waals surface area contributed by atoms with Crippen molar-refractivity contribution in [2.75, 3.05) is 11.5 Å². The number of hydrogen-bond acceptors (Lipinski definition) is 5. The topological polar surface area (TPSA) is 79.7 Å². The van der Waals surface area contributed by atoms with Gasteiger partial charge in [0.05, 0.1) is 18.2 Å². The monoisotopic (exact) mass is 484 g/mol. The number of aromatic nitrogens is 1. The van der Waals surface area contributed by atoms with Crippen molar-refractivity contribution >= 4 is 23.3 Å². The van der Waals surface area contributed by atoms with E-state index >= 15 is 0 Å². The van der Waals surface area contributed by atoms with Crippen LogP contribution in [0.15, 0.2) is 72.4 Å². The summed E-state index contributed by atoms with van der Waals surface area (Å²) in [6.45, 7) is 10.9. The molecule has 1 N–H and O–H groups in total. The lowest BCUT2D eigenvalue weighted by atomic mass is 9.85. The van der Waals surface area contributed by atoms with Crippen molar-refractivity contribution in [3.05, 3.63) is 94.7 Å². The van der Waals surface area contributed by atoms with Crippen LogP contribution in [0.4, 0.5) is 5.82 Å². The number of aryl methyl sites for hydroxylation is 1. The van der Waals surface area contributed by atoms with Crippen molar-refractivity contribution in [2.45, 2.75) is 52.5 Å². The van der Waals surface area contributed by atoms with Gasteiger partial charge in [0.1, 0.15) is 17.3 Å². The summed E-state index contributed by atoms with van der Waals surface area (Å²) in [5.74, 6) is -0.617. The van der Waals surface area contributed by atoms with Gasteiger partial charge in [-0.3, -0.25) is 14.5 Å². The quantitative estimate of drug-likeness (QED) is 0.260. The SMILES string of the molecule is CCCOc1ccc(C(O)=C2C(=O)C(=O)N(c3ccccn3)[C@H]2c2ccc(C(C)(C)C)cc2)cc1C. The molecule has 1 aromatic heterocycles. The first kappa shape index (κ1) is 25.2. The Hall–Kier alpha value is -3.93. The maximum absolute atomic E-state index is 13.3. The van der Waals surface area contributed by atoms with E-state index in [0.717, 1.165) is 23.3 Å². The third-order valence-corrected chi connectivity index (χ3v) is 6.34. The maximum atomic E-state index is 13.3. The number of carbonyl (C=O) groups is 2. The van der Waals surface area contributed by atoms with Crippen molar-refractivity contribution in [1.82, 2.24) is 4.98 Å². The zero-order valence-corrected chi connectivity index (χ0v) is 21.4. The Bertz CT molecular complexity index is 1310. The van der Waals surface area contributed by atoms with Gasteiger partial charge in [-0.25, -0.2) is 4.98 Å². The van der Waals surface area contributed by atoms with Crippen molar-refractivity contribution in [1.29, 1.82) is 0 Å². The maximum Gasteiger partial charge on any atom is 0.301 e. The lowest BCUT2D eigenvalue weighted by Gasteiger charge is -2.26. The number of ether oxygens (including phenoxy) is 1. The predicted octanol–water partition coefficient (Wildman–Crippen LogP) is 6.10. The van der Waals surface area contributed by atoms with Crippen LogP contribution in [0, 0.1) is 6.92 Å². The zero-order chi connectivity index (χ0) is 26.0. The molecule has 0 bridgehead atoms. The van der Waals surface area contributed by atoms with E-state index in [0.29, 0.717) is 23.6 Å². The second kappa shape index (κ2) is 9.97. The summed E-state index contributed by atoms with van der Waals surface area (Å²) < 4.78 is 5.75. The summed E-state index contributed by atoms with van der Waals surface area (Å²) in [5, 5.41) is 11.4. The van der Waals surface area contributed by atoms with Crippen LogP contribution >= 0.6 is 0 Å². The van der Waals surface area contributed by atoms with Gasteiger partial charge in [-0.05, 0) is 65.8 Å². The molecule has 1 amide bonds. The number of benzene rings is 2. The number of anilines is 1. The highest BCUT2D eigenvalue weighted by molar-refractivity contribution is 6.51. The third kappa shape index (κ3) is 4.76. The van der Waals surface area contributed by atoms with Gasteiger partial charge >= 0.3 is 5.91 Å². The van der Waals surface area contributed by atoms with Crippen LogP contribution in [0.5, 0.6) is 5.75 Å². The first-order valence-electron chi connectivity index (χ1n) is 12.2. The second-order valence-corrected chi connectivity index (χ2v) is 10.1. The molecular weight excluding hydrogens is 452 g/mol. The van der Waals surface area contributed by atoms with Gasteiger partial charge in [-0.15, -0.1) is 0 Å². The number of carbonyl (C=O) groups excluding carboxylic acids is 2. The minimum atomic E-state index is -0.815. The molecule has 6 heteroatoms. The molecule has 1 saturated heterocycles. The molecule has 2 heterocycles. The van der Waals surface area contributed by atoms with Crippen LogP contribution < -0.4 is 9.64 Å². The molecule has 1 aliphatic rings. The summed E-state index contributed by atoms with van der Waals surface area (Å²) in [6, 6.07) is 17.5. The minimum absolute atomic E-state index is 0.0378. The number of hydrogen-bond donors (Lipinski definition) is 1. The Morgan fingerprint density at radius 2 is 1.78 bits per heavy atom. The Labute approximate surface area is 212 Å². The van der Waals surface area contributed by atoms with Crippen LogP contribution in [-0.4, -0.2) is 28.4 Å². The molecule has 0 spiro atoms. The number of ketones is 1. The van der Waals surface area contributed by atoms with Crippen molar-refractivity contribution in [3.8, 4) is 5.75 Å². The Kier molecular flexibility index (Phi) is 6.97. The first-order valence-corrected chi connectivity index (χ1v) is 12.2. The van der Waals surface area contributed by atoms with E-state index < -0.39 is 17.7 Å². The van der Waals surface area contributed by atoms with E-state index in [1.165, 1.54) is 4.90 Å². The van der Waals surface area contributed by atoms with Crippen LogP contribution in [0.3, 0.4) is 0 Å². The van der Waals surface area contributed by atoms with E-state index in [4.69, 9.17) is 4.74 Å². The normalized spacial score (nSPS) is 17.5. The summed E-state index contributed by atoms with van der Waals surface area (Å²) in [4.78, 5) is 32.3. The molecule has 186 valence electrons. The third-order valence-electron chi connectivity index (χ3n) is 6.34. The van der Waals surface area contributed by atoms with Gasteiger partial charge in [-0.1, -0.05) is 58.0 Å². The molecule has 1 atom stereocenters. The van der Waals surface area contributed by atoms with Gasteiger partial charge in [0.2, 0.25) is 0 Å². The van der Waals surface area contributed by atoms with E-state index in [-0.39, 0.29) is 16.7 Å². The van der Waals surface area contributed by atoms with Crippen LogP contribution in [0.25, 0.3) is 5.76 Å². The Morgan fingerprint density at radius 3 is 2.36 bits per heavy atom. The summed E-state index contributed by atoms with van der Waals surface area (Å²) in [6.07, 6.45) is 2.46. The average molecular weight is 485 g/mol. The first-order chi connectivity index (χ1) is 17.1. The second-order valence-electron chi connectivity index (χ2n) is 10.1. The molecule has 1 fully saturated rings. The largest absolute Gasteiger partial charge is 0.507 e. The molecule has 4 rings (SSSR count). The molecule has 0 unspecified atom stereocenters. The standard InChI is InChI=1S/C30H32N2O4/c1-6-17-36-23-15-12-21(18-19(23)2)27(33)25-26(20-10-13-22(14-11-20)30(3,4)5)32(29(35)28(25)34)24-9-7-8-16-31-24/h7-16,18,26,33H,6,17H2,1-5H3/t26-/m0/s1. The number of aliphatic hydroxyl groups excluding tert-OH is 1. The lowest BCUT2D eigenvalue weighted by molar-refractivity contribution is -0.132.